The minimum Gasteiger partial charge on any atom is -0.465 e. The number of esters is 1. The third kappa shape index (κ3) is 4.04. The molecule has 0 saturated carbocycles. The van der Waals surface area contributed by atoms with Gasteiger partial charge in [-0.25, -0.2) is 9.78 Å². The van der Waals surface area contributed by atoms with Crippen molar-refractivity contribution in [3.05, 3.63) is 75.7 Å². The molecular formula is C19H16N4O5. The van der Waals surface area contributed by atoms with Crippen LogP contribution in [-0.2, 0) is 4.74 Å². The number of carbonyl (C=O) groups excluding carboxylic acids is 1. The number of benzene rings is 1. The Bertz CT molecular complexity index is 1040. The van der Waals surface area contributed by atoms with Gasteiger partial charge in [0.25, 0.3) is 5.69 Å². The number of hydrogen-bond donors (Lipinski definition) is 1. The minimum atomic E-state index is -0.526. The van der Waals surface area contributed by atoms with Crippen LogP contribution in [0.5, 0.6) is 0 Å². The zero-order valence-corrected chi connectivity index (χ0v) is 15.1. The maximum absolute atomic E-state index is 11.8. The number of nitro groups is 1. The summed E-state index contributed by atoms with van der Waals surface area (Å²) in [4.78, 5) is 25.8. The largest absolute Gasteiger partial charge is 0.465 e. The first-order chi connectivity index (χ1) is 13.5. The zero-order chi connectivity index (χ0) is 20.1. The number of anilines is 1. The van der Waals surface area contributed by atoms with Crippen LogP contribution in [0.4, 0.5) is 11.5 Å². The number of nitrogens with one attached hydrogen (secondary N) is 1. The first-order valence-corrected chi connectivity index (χ1v) is 8.17. The average Bonchev–Trinajstić information content (AvgIpc) is 3.16. The highest BCUT2D eigenvalue weighted by atomic mass is 16.6. The van der Waals surface area contributed by atoms with Gasteiger partial charge in [0.1, 0.15) is 23.5 Å². The van der Waals surface area contributed by atoms with Crippen LogP contribution in [0, 0.1) is 17.0 Å². The molecule has 142 valence electrons. The molecule has 3 aromatic rings. The molecule has 0 atom stereocenters. The van der Waals surface area contributed by atoms with E-state index in [4.69, 9.17) is 9.15 Å². The van der Waals surface area contributed by atoms with Gasteiger partial charge in [0.2, 0.25) is 0 Å². The Balaban J connectivity index is 1.73. The molecule has 0 spiro atoms. The van der Waals surface area contributed by atoms with E-state index >= 15 is 0 Å². The summed E-state index contributed by atoms with van der Waals surface area (Å²) in [5.74, 6) is 1.01. The first kappa shape index (κ1) is 18.8. The predicted molar refractivity (Wildman–Crippen MR) is 102 cm³/mol. The minimum absolute atomic E-state index is 0.102. The molecule has 1 aromatic carbocycles. The molecule has 1 N–H and O–H groups in total. The second-order valence-electron chi connectivity index (χ2n) is 5.70. The van der Waals surface area contributed by atoms with Crippen molar-refractivity contribution < 1.29 is 18.9 Å². The van der Waals surface area contributed by atoms with Crippen LogP contribution in [0.2, 0.25) is 0 Å². The summed E-state index contributed by atoms with van der Waals surface area (Å²) in [6, 6.07) is 11.6. The fourth-order valence-corrected chi connectivity index (χ4v) is 2.52. The van der Waals surface area contributed by atoms with Crippen molar-refractivity contribution in [1.29, 1.82) is 0 Å². The molecule has 28 heavy (non-hydrogen) atoms. The van der Waals surface area contributed by atoms with Crippen molar-refractivity contribution in [2.45, 2.75) is 6.92 Å². The van der Waals surface area contributed by atoms with E-state index in [9.17, 15) is 14.9 Å². The number of pyridine rings is 1. The maximum atomic E-state index is 11.8. The Morgan fingerprint density at radius 2 is 2.11 bits per heavy atom. The van der Waals surface area contributed by atoms with E-state index in [-0.39, 0.29) is 5.69 Å². The van der Waals surface area contributed by atoms with Gasteiger partial charge >= 0.3 is 5.97 Å². The summed E-state index contributed by atoms with van der Waals surface area (Å²) < 4.78 is 10.5. The molecule has 9 nitrogen and oxygen atoms in total. The average molecular weight is 380 g/mol. The number of hydrazone groups is 1. The maximum Gasteiger partial charge on any atom is 0.338 e. The number of carbonyl (C=O) groups is 1. The molecule has 9 heteroatoms. The predicted octanol–water partition coefficient (Wildman–Crippen LogP) is 3.79. The second-order valence-corrected chi connectivity index (χ2v) is 5.70. The monoisotopic (exact) mass is 380 g/mol. The Labute approximate surface area is 159 Å². The van der Waals surface area contributed by atoms with Crippen LogP contribution in [-0.4, -0.2) is 29.2 Å². The van der Waals surface area contributed by atoms with E-state index in [1.807, 2.05) is 13.0 Å². The third-order valence-electron chi connectivity index (χ3n) is 3.96. The molecule has 0 bridgehead atoms. The van der Waals surface area contributed by atoms with Crippen molar-refractivity contribution in [1.82, 2.24) is 4.98 Å². The second kappa shape index (κ2) is 8.12. The molecule has 0 aliphatic carbocycles. The van der Waals surface area contributed by atoms with Crippen molar-refractivity contribution in [2.24, 2.45) is 5.10 Å². The lowest BCUT2D eigenvalue weighted by molar-refractivity contribution is -0.385. The van der Waals surface area contributed by atoms with Crippen LogP contribution >= 0.6 is 0 Å². The van der Waals surface area contributed by atoms with E-state index < -0.39 is 10.9 Å². The summed E-state index contributed by atoms with van der Waals surface area (Å²) >= 11 is 0. The SMILES string of the molecule is COC(=O)c1cccc(-c2ccc(/C=N/Nc3ccc([N+](=O)[O-])cn3)o2)c1C. The van der Waals surface area contributed by atoms with Gasteiger partial charge < -0.3 is 9.15 Å². The van der Waals surface area contributed by atoms with E-state index in [2.05, 4.69) is 15.5 Å². The summed E-state index contributed by atoms with van der Waals surface area (Å²) in [6.07, 6.45) is 2.59. The Kier molecular flexibility index (Phi) is 5.45. The van der Waals surface area contributed by atoms with Gasteiger partial charge in [-0.15, -0.1) is 0 Å². The number of rotatable bonds is 6. The van der Waals surface area contributed by atoms with E-state index in [0.29, 0.717) is 22.9 Å². The lowest BCUT2D eigenvalue weighted by atomic mass is 10.0. The van der Waals surface area contributed by atoms with Gasteiger partial charge in [0.15, 0.2) is 0 Å². The number of furan rings is 1. The summed E-state index contributed by atoms with van der Waals surface area (Å²) in [5.41, 5.74) is 4.55. The lowest BCUT2D eigenvalue weighted by Crippen LogP contribution is -2.04. The van der Waals surface area contributed by atoms with Crippen molar-refractivity contribution in [3.8, 4) is 11.3 Å². The number of hydrogen-bond acceptors (Lipinski definition) is 8. The van der Waals surface area contributed by atoms with Gasteiger partial charge in [0, 0.05) is 11.6 Å². The van der Waals surface area contributed by atoms with Gasteiger partial charge in [-0.05, 0) is 36.8 Å². The first-order valence-electron chi connectivity index (χ1n) is 8.17. The zero-order valence-electron chi connectivity index (χ0n) is 15.1. The molecule has 0 aliphatic rings. The van der Waals surface area contributed by atoms with Gasteiger partial charge in [-0.1, -0.05) is 12.1 Å². The highest BCUT2D eigenvalue weighted by molar-refractivity contribution is 5.93. The molecule has 0 unspecified atom stereocenters. The number of methoxy groups -OCH3 is 1. The third-order valence-corrected chi connectivity index (χ3v) is 3.96. The number of ether oxygens (including phenoxy) is 1. The number of aromatic nitrogens is 1. The fourth-order valence-electron chi connectivity index (χ4n) is 2.52. The van der Waals surface area contributed by atoms with Crippen molar-refractivity contribution in [2.75, 3.05) is 12.5 Å². The lowest BCUT2D eigenvalue weighted by Gasteiger charge is -2.07. The molecule has 2 aromatic heterocycles. The molecule has 0 saturated heterocycles. The van der Waals surface area contributed by atoms with Crippen molar-refractivity contribution >= 4 is 23.7 Å². The van der Waals surface area contributed by atoms with Gasteiger partial charge in [0.05, 0.1) is 23.8 Å². The molecule has 0 aliphatic heterocycles. The summed E-state index contributed by atoms with van der Waals surface area (Å²) in [7, 11) is 1.34. The highest BCUT2D eigenvalue weighted by Crippen LogP contribution is 2.27. The van der Waals surface area contributed by atoms with Gasteiger partial charge in [-0.3, -0.25) is 15.5 Å². The molecule has 0 amide bonds. The summed E-state index contributed by atoms with van der Waals surface area (Å²) in [6.45, 7) is 1.82. The van der Waals surface area contributed by atoms with Gasteiger partial charge in [-0.2, -0.15) is 5.10 Å². The van der Waals surface area contributed by atoms with Crippen LogP contribution in [0.3, 0.4) is 0 Å². The molecule has 3 rings (SSSR count). The topological polar surface area (TPSA) is 120 Å². The fraction of sp³-hybridized carbons (Fsp3) is 0.105. The van der Waals surface area contributed by atoms with E-state index in [1.54, 1.807) is 24.3 Å². The highest BCUT2D eigenvalue weighted by Gasteiger charge is 2.14. The Morgan fingerprint density at radius 1 is 1.29 bits per heavy atom. The molecular weight excluding hydrogens is 364 g/mol. The van der Waals surface area contributed by atoms with Crippen LogP contribution in [0.15, 0.2) is 58.2 Å². The Hall–Kier alpha value is -4.01. The van der Waals surface area contributed by atoms with E-state index in [1.165, 1.54) is 25.5 Å². The van der Waals surface area contributed by atoms with Crippen molar-refractivity contribution in [3.63, 3.8) is 0 Å². The molecule has 2 heterocycles. The smallest absolute Gasteiger partial charge is 0.338 e. The Morgan fingerprint density at radius 3 is 2.79 bits per heavy atom. The summed E-state index contributed by atoms with van der Waals surface area (Å²) in [5, 5.41) is 14.6. The van der Waals surface area contributed by atoms with Crippen LogP contribution < -0.4 is 5.43 Å². The molecule has 0 fully saturated rings. The van der Waals surface area contributed by atoms with E-state index in [0.717, 1.165) is 17.3 Å². The quantitative estimate of drug-likeness (QED) is 0.299. The molecule has 0 radical (unpaired) electrons. The van der Waals surface area contributed by atoms with Crippen LogP contribution in [0.1, 0.15) is 21.7 Å². The number of nitrogens with zero attached hydrogens (tertiary/aromatic N) is 3. The van der Waals surface area contributed by atoms with Crippen LogP contribution in [0.25, 0.3) is 11.3 Å². The normalized spacial score (nSPS) is 10.8. The standard InChI is InChI=1S/C19H16N4O5/c1-12-15(4-3-5-16(12)19(24)27-2)17-8-7-14(28-17)11-21-22-18-9-6-13(10-20-18)23(25)26/h3-11H,1-2H3,(H,20,22)/b21-11+.